The predicted molar refractivity (Wildman–Crippen MR) is 126 cm³/mol. The largest absolute Gasteiger partial charge is 0.493 e. The molecule has 1 saturated heterocycles. The third kappa shape index (κ3) is 4.73. The Kier molecular flexibility index (Phi) is 6.69. The highest BCUT2D eigenvalue weighted by molar-refractivity contribution is 5.94. The van der Waals surface area contributed by atoms with Gasteiger partial charge in [0.15, 0.2) is 17.2 Å². The number of rotatable bonds is 6. The number of hydrogen-bond acceptors (Lipinski definition) is 7. The Hall–Kier alpha value is -3.72. The molecule has 33 heavy (non-hydrogen) atoms. The van der Waals surface area contributed by atoms with Crippen molar-refractivity contribution >= 4 is 28.2 Å². The Balaban J connectivity index is 1.58. The second kappa shape index (κ2) is 9.83. The molecule has 0 aliphatic carbocycles. The summed E-state index contributed by atoms with van der Waals surface area (Å²) in [5.41, 5.74) is 1.46. The molecule has 0 bridgehead atoms. The lowest BCUT2D eigenvalue weighted by Gasteiger charge is -2.28. The van der Waals surface area contributed by atoms with Crippen LogP contribution < -0.4 is 30.0 Å². The summed E-state index contributed by atoms with van der Waals surface area (Å²) in [6.07, 6.45) is 0.865. The first-order chi connectivity index (χ1) is 16.0. The number of carbonyl (C=O) groups excluding carboxylic acids is 1. The van der Waals surface area contributed by atoms with Crippen LogP contribution in [0.2, 0.25) is 0 Å². The van der Waals surface area contributed by atoms with E-state index >= 15 is 0 Å². The molecule has 0 spiro atoms. The molecule has 0 atom stereocenters. The van der Waals surface area contributed by atoms with Gasteiger partial charge in [-0.25, -0.2) is 4.79 Å². The van der Waals surface area contributed by atoms with Crippen LogP contribution in [0.3, 0.4) is 0 Å². The van der Waals surface area contributed by atoms with Crippen molar-refractivity contribution < 1.29 is 23.7 Å². The Labute approximate surface area is 191 Å². The van der Waals surface area contributed by atoms with Crippen LogP contribution in [0.1, 0.15) is 6.92 Å². The first-order valence-electron chi connectivity index (χ1n) is 10.7. The number of ether oxygens (including phenoxy) is 4. The number of benzene rings is 2. The fraction of sp³-hybridized carbons (Fsp3) is 0.333. The number of hydrogen-bond donors (Lipinski definition) is 1. The average molecular weight is 453 g/mol. The molecule has 1 aliphatic heterocycles. The topological polar surface area (TPSA) is 91.3 Å². The lowest BCUT2D eigenvalue weighted by Crippen LogP contribution is -2.36. The molecular weight excluding hydrogens is 426 g/mol. The van der Waals surface area contributed by atoms with E-state index in [1.165, 1.54) is 25.0 Å². The normalized spacial score (nSPS) is 13.6. The summed E-state index contributed by atoms with van der Waals surface area (Å²) >= 11 is 0. The highest BCUT2D eigenvalue weighted by Crippen LogP contribution is 2.35. The number of nitrogens with one attached hydrogen (secondary N) is 1. The predicted octanol–water partition coefficient (Wildman–Crippen LogP) is 3.49. The molecule has 2 heterocycles. The zero-order valence-corrected chi connectivity index (χ0v) is 18.9. The summed E-state index contributed by atoms with van der Waals surface area (Å²) < 4.78 is 23.2. The smallest absolute Gasteiger partial charge is 0.417 e. The van der Waals surface area contributed by atoms with Gasteiger partial charge >= 0.3 is 6.09 Å². The second-order valence-electron chi connectivity index (χ2n) is 7.50. The molecule has 0 radical (unpaired) electrons. The highest BCUT2D eigenvalue weighted by Gasteiger charge is 2.17. The number of carbonyl (C=O) groups is 1. The van der Waals surface area contributed by atoms with Crippen molar-refractivity contribution in [1.29, 1.82) is 0 Å². The molecule has 1 aromatic heterocycles. The van der Waals surface area contributed by atoms with E-state index in [1.807, 2.05) is 31.2 Å². The minimum Gasteiger partial charge on any atom is -0.493 e. The zero-order valence-electron chi connectivity index (χ0n) is 18.9. The summed E-state index contributed by atoms with van der Waals surface area (Å²) in [5, 5.41) is 3.57. The second-order valence-corrected chi connectivity index (χ2v) is 7.50. The molecule has 1 aliphatic rings. The van der Waals surface area contributed by atoms with E-state index in [9.17, 15) is 9.59 Å². The first kappa shape index (κ1) is 22.5. The summed E-state index contributed by atoms with van der Waals surface area (Å²) in [6.45, 7) is 5.35. The van der Waals surface area contributed by atoms with Gasteiger partial charge < -0.3 is 28.4 Å². The van der Waals surface area contributed by atoms with Crippen LogP contribution in [-0.2, 0) is 11.3 Å². The van der Waals surface area contributed by atoms with Crippen molar-refractivity contribution in [2.75, 3.05) is 50.7 Å². The molecule has 174 valence electrons. The van der Waals surface area contributed by atoms with Crippen LogP contribution >= 0.6 is 0 Å². The number of nitrogens with zero attached hydrogens (tertiary/aromatic N) is 2. The number of aromatic nitrogens is 1. The summed E-state index contributed by atoms with van der Waals surface area (Å²) in [6, 6.07) is 10.8. The van der Waals surface area contributed by atoms with Gasteiger partial charge in [0.05, 0.1) is 39.0 Å². The van der Waals surface area contributed by atoms with E-state index < -0.39 is 6.09 Å². The van der Waals surface area contributed by atoms with Gasteiger partial charge in [-0.15, -0.1) is 0 Å². The molecule has 9 heteroatoms. The van der Waals surface area contributed by atoms with Gasteiger partial charge in [0.25, 0.3) is 5.56 Å². The molecule has 1 fully saturated rings. The highest BCUT2D eigenvalue weighted by atomic mass is 16.6. The maximum Gasteiger partial charge on any atom is 0.417 e. The van der Waals surface area contributed by atoms with Crippen molar-refractivity contribution in [2.45, 2.75) is 13.5 Å². The van der Waals surface area contributed by atoms with Gasteiger partial charge in [-0.1, -0.05) is 0 Å². The zero-order chi connectivity index (χ0) is 23.4. The van der Waals surface area contributed by atoms with Crippen molar-refractivity contribution in [1.82, 2.24) is 4.57 Å². The fourth-order valence-corrected chi connectivity index (χ4v) is 3.82. The quantitative estimate of drug-likeness (QED) is 0.611. The van der Waals surface area contributed by atoms with Crippen LogP contribution in [0.25, 0.3) is 10.8 Å². The number of anilines is 2. The maximum absolute atomic E-state index is 12.8. The molecular formula is C24H27N3O6. The average Bonchev–Trinajstić information content (AvgIpc) is 2.85. The summed E-state index contributed by atoms with van der Waals surface area (Å²) in [5.74, 6) is 1.10. The monoisotopic (exact) mass is 453 g/mol. The van der Waals surface area contributed by atoms with Crippen molar-refractivity contribution in [3.8, 4) is 17.2 Å². The molecule has 3 aromatic rings. The molecule has 0 saturated carbocycles. The molecule has 1 amide bonds. The summed E-state index contributed by atoms with van der Waals surface area (Å²) in [7, 11) is 3.00. The number of aryl methyl sites for hydroxylation is 1. The van der Waals surface area contributed by atoms with Crippen LogP contribution in [0.5, 0.6) is 17.2 Å². The van der Waals surface area contributed by atoms with Gasteiger partial charge in [-0.3, -0.25) is 10.1 Å². The number of fused-ring (bicyclic) bond motifs is 1. The molecule has 4 rings (SSSR count). The molecule has 9 nitrogen and oxygen atoms in total. The van der Waals surface area contributed by atoms with Crippen molar-refractivity contribution in [3.63, 3.8) is 0 Å². The molecule has 2 aromatic carbocycles. The number of pyridine rings is 1. The maximum atomic E-state index is 12.8. The third-order valence-electron chi connectivity index (χ3n) is 5.59. The SMILES string of the molecule is CCn1cc(OC(=O)Nc2ccc(N3CCOCC3)cc2)c2cc(OC)c(OC)cc2c1=O. The van der Waals surface area contributed by atoms with E-state index in [2.05, 4.69) is 10.2 Å². The van der Waals surface area contributed by atoms with Crippen LogP contribution in [-0.4, -0.2) is 51.2 Å². The minimum absolute atomic E-state index is 0.208. The van der Waals surface area contributed by atoms with Crippen LogP contribution in [0, 0.1) is 0 Å². The minimum atomic E-state index is -0.661. The van der Waals surface area contributed by atoms with E-state index in [0.717, 1.165) is 18.8 Å². The van der Waals surface area contributed by atoms with Gasteiger partial charge in [-0.05, 0) is 43.3 Å². The molecule has 0 unspecified atom stereocenters. The molecule has 1 N–H and O–H groups in total. The van der Waals surface area contributed by atoms with Crippen molar-refractivity contribution in [3.05, 3.63) is 52.9 Å². The van der Waals surface area contributed by atoms with Crippen LogP contribution in [0.4, 0.5) is 16.2 Å². The van der Waals surface area contributed by atoms with Gasteiger partial charge in [0.1, 0.15) is 0 Å². The van der Waals surface area contributed by atoms with Gasteiger partial charge in [0.2, 0.25) is 0 Å². The number of amides is 1. The third-order valence-corrected chi connectivity index (χ3v) is 5.59. The van der Waals surface area contributed by atoms with E-state index in [-0.39, 0.29) is 11.3 Å². The fourth-order valence-electron chi connectivity index (χ4n) is 3.82. The van der Waals surface area contributed by atoms with Crippen LogP contribution in [0.15, 0.2) is 47.4 Å². The number of methoxy groups -OCH3 is 2. The van der Waals surface area contributed by atoms with E-state index in [4.69, 9.17) is 18.9 Å². The lowest BCUT2D eigenvalue weighted by atomic mass is 10.1. The Bertz CT molecular complexity index is 1200. The lowest BCUT2D eigenvalue weighted by molar-refractivity contribution is 0.122. The standard InChI is InChI=1S/C24H27N3O6/c1-4-26-15-22(18-13-20(30-2)21(31-3)14-19(18)23(26)28)33-24(29)25-16-5-7-17(8-6-16)27-9-11-32-12-10-27/h5-8,13-15H,4,9-12H2,1-3H3,(H,25,29). The first-order valence-corrected chi connectivity index (χ1v) is 10.7. The number of morpholine rings is 1. The summed E-state index contributed by atoms with van der Waals surface area (Å²) in [4.78, 5) is 27.7. The van der Waals surface area contributed by atoms with E-state index in [1.54, 1.807) is 12.1 Å². The van der Waals surface area contributed by atoms with Crippen molar-refractivity contribution in [2.24, 2.45) is 0 Å². The van der Waals surface area contributed by atoms with E-state index in [0.29, 0.717) is 47.7 Å². The Morgan fingerprint density at radius 1 is 1.00 bits per heavy atom. The van der Waals surface area contributed by atoms with Gasteiger partial charge in [-0.2, -0.15) is 0 Å². The Morgan fingerprint density at radius 3 is 2.24 bits per heavy atom. The van der Waals surface area contributed by atoms with Gasteiger partial charge in [0, 0.05) is 36.4 Å². The Morgan fingerprint density at radius 2 is 1.64 bits per heavy atom.